The molecule has 0 amide bonds. The minimum Gasteiger partial charge on any atom is -0.545 e. The predicted octanol–water partition coefficient (Wildman–Crippen LogP) is 8.31. The van der Waals surface area contributed by atoms with Crippen molar-refractivity contribution in [2.75, 3.05) is 0 Å². The number of carbonyl (C=O) groups is 4. The van der Waals surface area contributed by atoms with Crippen LogP contribution in [0.15, 0.2) is 97.1 Å². The zero-order valence-corrected chi connectivity index (χ0v) is 41.0. The smallest absolute Gasteiger partial charge is 0.0715 e. The average Bonchev–Trinajstić information content (AvgIpc) is 3.25. The van der Waals surface area contributed by atoms with Crippen molar-refractivity contribution in [3.63, 3.8) is 0 Å². The number of hydrogen-bond acceptors (Lipinski definition) is 8. The van der Waals surface area contributed by atoms with E-state index < -0.39 is 23.9 Å². The van der Waals surface area contributed by atoms with Crippen LogP contribution in [0.5, 0.6) is 0 Å². The first-order valence-electron chi connectivity index (χ1n) is 22.2. The van der Waals surface area contributed by atoms with Gasteiger partial charge in [-0.05, 0) is 95.9 Å². The molecule has 4 aromatic rings. The Labute approximate surface area is 386 Å². The molecule has 61 heavy (non-hydrogen) atoms. The monoisotopic (exact) mass is 1030 g/mol. The van der Waals surface area contributed by atoms with Gasteiger partial charge in [0, 0.05) is 27.3 Å². The number of aromatic carboxylic acids is 4. The van der Waals surface area contributed by atoms with Gasteiger partial charge in [0.2, 0.25) is 0 Å². The van der Waals surface area contributed by atoms with Crippen molar-refractivity contribution < 1.29 is 39.6 Å². The van der Waals surface area contributed by atoms with Gasteiger partial charge in [-0.25, -0.2) is 0 Å². The Kier molecular flexibility index (Phi) is 33.8. The van der Waals surface area contributed by atoms with Crippen molar-refractivity contribution in [3.05, 3.63) is 142 Å². The normalized spacial score (nSPS) is 10.0. The molecule has 0 N–H and O–H groups in total. The number of carboxylic acids is 4. The Morgan fingerprint density at radius 2 is 0.459 bits per heavy atom. The fraction of sp³-hybridized carbons (Fsp3) is 0.462. The van der Waals surface area contributed by atoms with E-state index in [9.17, 15) is 39.6 Å². The third-order valence-corrected chi connectivity index (χ3v) is 10.0. The first kappa shape index (κ1) is 56.7. The molecule has 0 saturated heterocycles. The maximum absolute atomic E-state index is 10.5. The van der Waals surface area contributed by atoms with E-state index in [0.29, 0.717) is 0 Å². The molecule has 0 aromatic heterocycles. The van der Waals surface area contributed by atoms with E-state index in [2.05, 4.69) is 27.7 Å². The summed E-state index contributed by atoms with van der Waals surface area (Å²) in [6.07, 6.45) is 23.9. The van der Waals surface area contributed by atoms with Crippen LogP contribution in [-0.4, -0.2) is 51.2 Å². The first-order chi connectivity index (χ1) is 28.9. The molecule has 9 heteroatoms. The second-order valence-corrected chi connectivity index (χ2v) is 15.2. The SMILES string of the molecule is CCCCCCc1ccc(C(=O)[O-])cc1.CCCCCCc1ccc(C(=O)[O-])cc1.CCCCCCc1ccc(C(=O)[O-])cc1.CCCCCCc1ccc(C(=O)[O-])cc1.[Pb]. The molecule has 0 heterocycles. The van der Waals surface area contributed by atoms with Crippen LogP contribution >= 0.6 is 0 Å². The standard InChI is InChI=1S/4C13H18O2.Pb/c4*1-2-3-4-5-6-11-7-9-12(10-8-11)13(14)15;/h4*7-10H,2-6H2,1H3,(H,14,15);/p-4. The van der Waals surface area contributed by atoms with E-state index in [1.807, 2.05) is 48.5 Å². The van der Waals surface area contributed by atoms with Gasteiger partial charge in [-0.3, -0.25) is 0 Å². The van der Waals surface area contributed by atoms with Crippen molar-refractivity contribution in [3.8, 4) is 0 Å². The van der Waals surface area contributed by atoms with Crippen molar-refractivity contribution in [2.24, 2.45) is 0 Å². The third kappa shape index (κ3) is 28.0. The van der Waals surface area contributed by atoms with E-state index in [1.165, 1.54) is 125 Å². The van der Waals surface area contributed by atoms with Crippen LogP contribution in [0, 0.1) is 0 Å². The maximum atomic E-state index is 10.5. The largest absolute Gasteiger partial charge is 0.545 e. The molecule has 8 nitrogen and oxygen atoms in total. The van der Waals surface area contributed by atoms with Crippen LogP contribution in [0.4, 0.5) is 0 Å². The van der Waals surface area contributed by atoms with Gasteiger partial charge in [-0.2, -0.15) is 0 Å². The van der Waals surface area contributed by atoms with E-state index >= 15 is 0 Å². The second-order valence-electron chi connectivity index (χ2n) is 15.2. The van der Waals surface area contributed by atoms with Crippen molar-refractivity contribution in [1.82, 2.24) is 0 Å². The Morgan fingerprint density at radius 1 is 0.295 bits per heavy atom. The zero-order chi connectivity index (χ0) is 44.4. The summed E-state index contributed by atoms with van der Waals surface area (Å²) in [7, 11) is 0. The van der Waals surface area contributed by atoms with Gasteiger partial charge in [0.25, 0.3) is 0 Å². The van der Waals surface area contributed by atoms with Crippen LogP contribution in [0.25, 0.3) is 0 Å². The summed E-state index contributed by atoms with van der Waals surface area (Å²) >= 11 is 0. The van der Waals surface area contributed by atoms with Crippen LogP contribution in [0.1, 0.15) is 194 Å². The number of carboxylic acid groups (broad SMARTS) is 4. The minimum atomic E-state index is -1.10. The Bertz CT molecular complexity index is 1470. The van der Waals surface area contributed by atoms with E-state index in [4.69, 9.17) is 0 Å². The molecule has 0 atom stereocenters. The number of hydrogen-bond donors (Lipinski definition) is 0. The summed E-state index contributed by atoms with van der Waals surface area (Å²) < 4.78 is 0. The molecular weight excluding hydrogens is 960 g/mol. The van der Waals surface area contributed by atoms with Gasteiger partial charge < -0.3 is 39.6 Å². The zero-order valence-electron chi connectivity index (χ0n) is 37.1. The summed E-state index contributed by atoms with van der Waals surface area (Å²) in [5, 5.41) is 42.0. The number of carbonyl (C=O) groups excluding carboxylic acids is 4. The number of aryl methyl sites for hydroxylation is 4. The summed E-state index contributed by atoms with van der Waals surface area (Å²) in [6, 6.07) is 27.9. The minimum absolute atomic E-state index is 0. The molecule has 0 spiro atoms. The molecule has 4 radical (unpaired) electrons. The quantitative estimate of drug-likeness (QED) is 0.0501. The number of unbranched alkanes of at least 4 members (excludes halogenated alkanes) is 12. The molecule has 332 valence electrons. The van der Waals surface area contributed by atoms with E-state index in [-0.39, 0.29) is 49.6 Å². The van der Waals surface area contributed by atoms with Gasteiger partial charge in [-0.15, -0.1) is 0 Å². The van der Waals surface area contributed by atoms with Gasteiger partial charge in [0.1, 0.15) is 0 Å². The van der Waals surface area contributed by atoms with Crippen LogP contribution in [0.2, 0.25) is 0 Å². The molecule has 0 saturated carbocycles. The van der Waals surface area contributed by atoms with Crippen molar-refractivity contribution >= 4 is 51.2 Å². The summed E-state index contributed by atoms with van der Waals surface area (Å²) in [5.74, 6) is -4.42. The predicted molar refractivity (Wildman–Crippen MR) is 240 cm³/mol. The number of benzene rings is 4. The Hall–Kier alpha value is -4.32. The van der Waals surface area contributed by atoms with Gasteiger partial charge in [0.05, 0.1) is 23.9 Å². The van der Waals surface area contributed by atoms with Gasteiger partial charge in [0.15, 0.2) is 0 Å². The average molecular weight is 1030 g/mol. The fourth-order valence-electron chi connectivity index (χ4n) is 6.25. The molecule has 0 bridgehead atoms. The maximum Gasteiger partial charge on any atom is 0.0715 e. The molecule has 0 fully saturated rings. The van der Waals surface area contributed by atoms with Crippen molar-refractivity contribution in [2.45, 2.75) is 156 Å². The molecule has 0 aliphatic carbocycles. The van der Waals surface area contributed by atoms with Crippen LogP contribution < -0.4 is 20.4 Å². The van der Waals surface area contributed by atoms with Crippen LogP contribution in [-0.2, 0) is 25.7 Å². The van der Waals surface area contributed by atoms with Gasteiger partial charge in [-0.1, -0.05) is 202 Å². The van der Waals surface area contributed by atoms with Crippen molar-refractivity contribution in [1.29, 1.82) is 0 Å². The summed E-state index contributed by atoms with van der Waals surface area (Å²) in [5.41, 5.74) is 5.85. The molecule has 4 rings (SSSR count). The van der Waals surface area contributed by atoms with Gasteiger partial charge >= 0.3 is 0 Å². The molecule has 0 unspecified atom stereocenters. The number of rotatable bonds is 24. The van der Waals surface area contributed by atoms with E-state index in [0.717, 1.165) is 25.7 Å². The molecular formula is C52H68O8Pb-4. The fourth-order valence-corrected chi connectivity index (χ4v) is 6.25. The molecule has 4 aromatic carbocycles. The van der Waals surface area contributed by atoms with E-state index in [1.54, 1.807) is 48.5 Å². The Morgan fingerprint density at radius 3 is 0.590 bits per heavy atom. The Balaban J connectivity index is 0.000000783. The second kappa shape index (κ2) is 36.3. The first-order valence-corrected chi connectivity index (χ1v) is 22.2. The topological polar surface area (TPSA) is 161 Å². The summed E-state index contributed by atoms with van der Waals surface area (Å²) in [4.78, 5) is 42.0. The van der Waals surface area contributed by atoms with Crippen LogP contribution in [0.3, 0.4) is 0 Å². The summed E-state index contributed by atoms with van der Waals surface area (Å²) in [6.45, 7) is 8.76. The molecule has 0 aliphatic rings. The molecule has 0 aliphatic heterocycles. The third-order valence-electron chi connectivity index (χ3n) is 10.0.